The van der Waals surface area contributed by atoms with Crippen LogP contribution in [0.25, 0.3) is 0 Å². The number of aliphatic hydroxyl groups is 1. The Morgan fingerprint density at radius 3 is 2.43 bits per heavy atom. The van der Waals surface area contributed by atoms with Crippen molar-refractivity contribution in [3.8, 4) is 0 Å². The van der Waals surface area contributed by atoms with Gasteiger partial charge in [0.2, 0.25) is 10.0 Å². The van der Waals surface area contributed by atoms with Crippen LogP contribution in [0.15, 0.2) is 53.4 Å². The maximum absolute atomic E-state index is 13.2. The van der Waals surface area contributed by atoms with Gasteiger partial charge in [-0.3, -0.25) is 0 Å². The van der Waals surface area contributed by atoms with Gasteiger partial charge in [-0.2, -0.15) is 0 Å². The first-order valence-corrected chi connectivity index (χ1v) is 7.86. The number of halogens is 1. The van der Waals surface area contributed by atoms with E-state index in [4.69, 9.17) is 0 Å². The van der Waals surface area contributed by atoms with Crippen LogP contribution in [0, 0.1) is 12.7 Å². The first-order chi connectivity index (χ1) is 9.94. The highest BCUT2D eigenvalue weighted by Gasteiger charge is 2.21. The Balaban J connectivity index is 2.29. The van der Waals surface area contributed by atoms with Crippen molar-refractivity contribution >= 4 is 10.0 Å². The molecular formula is C15H16FNO3S. The molecule has 2 rings (SSSR count). The van der Waals surface area contributed by atoms with E-state index in [-0.39, 0.29) is 17.1 Å². The Morgan fingerprint density at radius 2 is 1.86 bits per heavy atom. The molecule has 6 heteroatoms. The van der Waals surface area contributed by atoms with E-state index >= 15 is 0 Å². The van der Waals surface area contributed by atoms with Gasteiger partial charge in [-0.25, -0.2) is 17.5 Å². The number of sulfonamides is 1. The molecule has 4 nitrogen and oxygen atoms in total. The summed E-state index contributed by atoms with van der Waals surface area (Å²) < 4.78 is 40.2. The van der Waals surface area contributed by atoms with Crippen LogP contribution in [-0.2, 0) is 10.0 Å². The van der Waals surface area contributed by atoms with E-state index in [2.05, 4.69) is 4.72 Å². The number of nitrogens with one attached hydrogen (secondary N) is 1. The normalized spacial score (nSPS) is 13.1. The van der Waals surface area contributed by atoms with Crippen LogP contribution in [-0.4, -0.2) is 20.1 Å². The molecule has 2 N–H and O–H groups in total. The van der Waals surface area contributed by atoms with Gasteiger partial charge in [-0.05, 0) is 36.2 Å². The Kier molecular flexibility index (Phi) is 4.72. The Hall–Kier alpha value is -1.76. The fourth-order valence-electron chi connectivity index (χ4n) is 1.94. The standard InChI is InChI=1S/C15H16FNO3S/c1-11-9-13(7-8-14(11)16)21(19,20)17-15(10-18)12-5-3-2-4-6-12/h2-9,15,17-18H,10H2,1H3. The smallest absolute Gasteiger partial charge is 0.241 e. The lowest BCUT2D eigenvalue weighted by Gasteiger charge is -2.17. The highest BCUT2D eigenvalue weighted by atomic mass is 32.2. The zero-order valence-corrected chi connectivity index (χ0v) is 12.3. The molecule has 1 unspecified atom stereocenters. The van der Waals surface area contributed by atoms with E-state index in [1.807, 2.05) is 0 Å². The molecule has 0 aromatic heterocycles. The lowest BCUT2D eigenvalue weighted by Crippen LogP contribution is -2.31. The van der Waals surface area contributed by atoms with Crippen LogP contribution < -0.4 is 4.72 Å². The maximum atomic E-state index is 13.2. The highest BCUT2D eigenvalue weighted by molar-refractivity contribution is 7.89. The Morgan fingerprint density at radius 1 is 1.19 bits per heavy atom. The summed E-state index contributed by atoms with van der Waals surface area (Å²) in [6.07, 6.45) is 0. The van der Waals surface area contributed by atoms with Gasteiger partial charge >= 0.3 is 0 Å². The second-order valence-corrected chi connectivity index (χ2v) is 6.39. The van der Waals surface area contributed by atoms with Crippen molar-refractivity contribution < 1.29 is 17.9 Å². The molecule has 0 heterocycles. The molecule has 0 aliphatic rings. The quantitative estimate of drug-likeness (QED) is 0.889. The van der Waals surface area contributed by atoms with Crippen LogP contribution in [0.5, 0.6) is 0 Å². The Bertz CT molecular complexity index is 717. The van der Waals surface area contributed by atoms with Crippen LogP contribution in [0.2, 0.25) is 0 Å². The van der Waals surface area contributed by atoms with Crippen molar-refractivity contribution in [1.82, 2.24) is 4.72 Å². The zero-order valence-electron chi connectivity index (χ0n) is 11.5. The summed E-state index contributed by atoms with van der Waals surface area (Å²) >= 11 is 0. The minimum Gasteiger partial charge on any atom is -0.394 e. The van der Waals surface area contributed by atoms with E-state index in [0.717, 1.165) is 6.07 Å². The predicted octanol–water partition coefficient (Wildman–Crippen LogP) is 2.15. The van der Waals surface area contributed by atoms with Gasteiger partial charge < -0.3 is 5.11 Å². The van der Waals surface area contributed by atoms with Crippen molar-refractivity contribution in [3.05, 3.63) is 65.5 Å². The molecule has 0 aliphatic heterocycles. The van der Waals surface area contributed by atoms with Gasteiger partial charge in [-0.1, -0.05) is 30.3 Å². The molecule has 21 heavy (non-hydrogen) atoms. The summed E-state index contributed by atoms with van der Waals surface area (Å²) in [6.45, 7) is 1.12. The minimum absolute atomic E-state index is 0.0317. The third-order valence-electron chi connectivity index (χ3n) is 3.12. The lowest BCUT2D eigenvalue weighted by molar-refractivity contribution is 0.259. The molecule has 0 bridgehead atoms. The van der Waals surface area contributed by atoms with Crippen molar-refractivity contribution in [3.63, 3.8) is 0 Å². The summed E-state index contributed by atoms with van der Waals surface area (Å²) in [4.78, 5) is -0.0317. The van der Waals surface area contributed by atoms with Crippen molar-refractivity contribution in [2.75, 3.05) is 6.61 Å². The molecule has 2 aromatic carbocycles. The van der Waals surface area contributed by atoms with Crippen LogP contribution in [0.1, 0.15) is 17.2 Å². The van der Waals surface area contributed by atoms with Gasteiger partial charge in [0.25, 0.3) is 0 Å². The summed E-state index contributed by atoms with van der Waals surface area (Å²) in [7, 11) is -3.84. The second kappa shape index (κ2) is 6.34. The van der Waals surface area contributed by atoms with Crippen LogP contribution >= 0.6 is 0 Å². The third kappa shape index (κ3) is 3.66. The molecular weight excluding hydrogens is 293 g/mol. The molecule has 0 aliphatic carbocycles. The van der Waals surface area contributed by atoms with Crippen molar-refractivity contribution in [1.29, 1.82) is 0 Å². The topological polar surface area (TPSA) is 66.4 Å². The fraction of sp³-hybridized carbons (Fsp3) is 0.200. The van der Waals surface area contributed by atoms with E-state index in [9.17, 15) is 17.9 Å². The second-order valence-electron chi connectivity index (χ2n) is 4.68. The fourth-order valence-corrected chi connectivity index (χ4v) is 3.24. The molecule has 0 saturated heterocycles. The van der Waals surface area contributed by atoms with Gasteiger partial charge in [0.05, 0.1) is 17.5 Å². The van der Waals surface area contributed by atoms with E-state index in [1.165, 1.54) is 19.1 Å². The summed E-state index contributed by atoms with van der Waals surface area (Å²) in [5.41, 5.74) is 0.903. The first kappa shape index (κ1) is 15.6. The minimum atomic E-state index is -3.84. The molecule has 112 valence electrons. The Labute approximate surface area is 123 Å². The lowest BCUT2D eigenvalue weighted by atomic mass is 10.1. The van der Waals surface area contributed by atoms with Crippen LogP contribution in [0.3, 0.4) is 0 Å². The van der Waals surface area contributed by atoms with E-state index in [1.54, 1.807) is 30.3 Å². The molecule has 0 radical (unpaired) electrons. The molecule has 1 atom stereocenters. The van der Waals surface area contributed by atoms with E-state index < -0.39 is 21.9 Å². The number of aryl methyl sites for hydroxylation is 1. The van der Waals surface area contributed by atoms with Gasteiger partial charge in [0.1, 0.15) is 5.82 Å². The van der Waals surface area contributed by atoms with E-state index in [0.29, 0.717) is 5.56 Å². The maximum Gasteiger partial charge on any atom is 0.241 e. The molecule has 0 spiro atoms. The number of aliphatic hydroxyl groups excluding tert-OH is 1. The monoisotopic (exact) mass is 309 g/mol. The first-order valence-electron chi connectivity index (χ1n) is 6.38. The highest BCUT2D eigenvalue weighted by Crippen LogP contribution is 2.18. The van der Waals surface area contributed by atoms with Crippen LogP contribution in [0.4, 0.5) is 4.39 Å². The molecule has 0 amide bonds. The largest absolute Gasteiger partial charge is 0.394 e. The third-order valence-corrected chi connectivity index (χ3v) is 4.59. The van der Waals surface area contributed by atoms with Gasteiger partial charge in [0.15, 0.2) is 0 Å². The van der Waals surface area contributed by atoms with Gasteiger partial charge in [0, 0.05) is 0 Å². The summed E-state index contributed by atoms with van der Waals surface area (Å²) in [6, 6.07) is 11.6. The average molecular weight is 309 g/mol. The van der Waals surface area contributed by atoms with Crippen molar-refractivity contribution in [2.24, 2.45) is 0 Å². The zero-order chi connectivity index (χ0) is 15.5. The number of benzene rings is 2. The summed E-state index contributed by atoms with van der Waals surface area (Å²) in [5.74, 6) is -0.462. The average Bonchev–Trinajstić information content (AvgIpc) is 2.48. The number of hydrogen-bond acceptors (Lipinski definition) is 3. The molecule has 0 saturated carbocycles. The van der Waals surface area contributed by atoms with Crippen molar-refractivity contribution in [2.45, 2.75) is 17.9 Å². The van der Waals surface area contributed by atoms with Gasteiger partial charge in [-0.15, -0.1) is 0 Å². The molecule has 2 aromatic rings. The number of rotatable bonds is 5. The number of hydrogen-bond donors (Lipinski definition) is 2. The SMILES string of the molecule is Cc1cc(S(=O)(=O)NC(CO)c2ccccc2)ccc1F. The predicted molar refractivity (Wildman–Crippen MR) is 77.7 cm³/mol. The summed E-state index contributed by atoms with van der Waals surface area (Å²) in [5, 5.41) is 9.40. The molecule has 0 fully saturated rings.